The molecule has 6 rings (SSSR count). The van der Waals surface area contributed by atoms with Crippen molar-refractivity contribution in [2.75, 3.05) is 27.5 Å². The van der Waals surface area contributed by atoms with Gasteiger partial charge in [0.1, 0.15) is 17.8 Å². The molecule has 4 heterocycles. The fraction of sp³-hybridized carbons (Fsp3) is 0.529. The number of fused-ring (bicyclic) bond motifs is 9. The Hall–Kier alpha value is -4.75. The normalized spacial score (nSPS) is 24.4. The van der Waals surface area contributed by atoms with Gasteiger partial charge in [0.25, 0.3) is 0 Å². The number of methoxy groups -OCH3 is 1. The summed E-state index contributed by atoms with van der Waals surface area (Å²) in [7, 11) is 3.37. The largest absolute Gasteiger partial charge is 0.504 e. The van der Waals surface area contributed by atoms with Crippen molar-refractivity contribution in [2.45, 2.75) is 89.4 Å². The number of nitrogens with zero attached hydrogens (tertiary/aromatic N) is 3. The van der Waals surface area contributed by atoms with Gasteiger partial charge in [0, 0.05) is 47.8 Å². The minimum atomic E-state index is -5.19. The quantitative estimate of drug-likeness (QED) is 0.300. The molecule has 1 saturated heterocycles. The number of phenolic OH excluding ortho intramolecular Hbond substituents is 1. The van der Waals surface area contributed by atoms with Crippen LogP contribution in [0.1, 0.15) is 65.7 Å². The van der Waals surface area contributed by atoms with Crippen LogP contribution in [0, 0.1) is 25.2 Å². The Morgan fingerprint density at radius 2 is 1.86 bits per heavy atom. The number of benzene rings is 2. The van der Waals surface area contributed by atoms with Gasteiger partial charge in [-0.2, -0.15) is 18.4 Å². The summed E-state index contributed by atoms with van der Waals surface area (Å²) in [6.07, 6.45) is -3.88. The first-order valence-corrected chi connectivity index (χ1v) is 16.2. The van der Waals surface area contributed by atoms with E-state index in [4.69, 9.17) is 18.9 Å². The zero-order chi connectivity index (χ0) is 36.4. The molecule has 3 N–H and O–H groups in total. The van der Waals surface area contributed by atoms with Crippen molar-refractivity contribution in [2.24, 2.45) is 0 Å². The predicted molar refractivity (Wildman–Crippen MR) is 169 cm³/mol. The second-order valence-corrected chi connectivity index (χ2v) is 13.1. The fourth-order valence-electron chi connectivity index (χ4n) is 8.23. The van der Waals surface area contributed by atoms with Gasteiger partial charge in [0.2, 0.25) is 12.7 Å². The van der Waals surface area contributed by atoms with Crippen LogP contribution < -0.4 is 29.6 Å². The highest BCUT2D eigenvalue weighted by molar-refractivity contribution is 5.89. The molecule has 16 heteroatoms. The minimum absolute atomic E-state index is 0.0256. The standard InChI is InChI=1S/C34H38F3N5O8/c1-14-9-18-7-8-20-22(11-38)42-21(26(41(20)5)24(18)27(44)28(14)47-6)10-19-25(31-30(48-13-49-31)15(2)29(19)50-17(4)43)23(42)12-39-32(45)16(3)40-33(46)34(35,36)37/h9,16,20-23,26,44H,7-8,10,12-13H2,1-6H3,(H,39,45)(H,40,46)/t16-,20-,21?,22-,23-,26-/m0/s1. The lowest BCUT2D eigenvalue weighted by Gasteiger charge is -2.57. The number of carbonyl (C=O) groups is 3. The Kier molecular flexibility index (Phi) is 9.02. The van der Waals surface area contributed by atoms with Gasteiger partial charge in [-0.1, -0.05) is 6.07 Å². The van der Waals surface area contributed by atoms with E-state index in [1.165, 1.54) is 14.0 Å². The SMILES string of the molecule is COc1c(C)cc2c(c1O)[C@@H]1C3Cc4c(OC(C)=O)c(C)c5c(c4[C@H](CNC(=O)[C@H](C)NC(=O)C(F)(F)F)N3[C@@H](C#N)[C@H](CC2)N1C)OCO5. The molecule has 4 aliphatic heterocycles. The van der Waals surface area contributed by atoms with E-state index >= 15 is 0 Å². The van der Waals surface area contributed by atoms with E-state index in [0.717, 1.165) is 18.1 Å². The highest BCUT2D eigenvalue weighted by Crippen LogP contribution is 2.57. The number of nitrogens with one attached hydrogen (secondary N) is 2. The van der Waals surface area contributed by atoms with Gasteiger partial charge in [-0.3, -0.25) is 24.2 Å². The number of rotatable bonds is 6. The van der Waals surface area contributed by atoms with Gasteiger partial charge in [0.15, 0.2) is 23.0 Å². The zero-order valence-electron chi connectivity index (χ0n) is 28.4. The summed E-state index contributed by atoms with van der Waals surface area (Å²) in [5.41, 5.74) is 3.84. The highest BCUT2D eigenvalue weighted by atomic mass is 19.4. The third-order valence-electron chi connectivity index (χ3n) is 10.3. The van der Waals surface area contributed by atoms with Crippen LogP contribution in [-0.4, -0.2) is 90.5 Å². The van der Waals surface area contributed by atoms with E-state index in [2.05, 4.69) is 16.3 Å². The van der Waals surface area contributed by atoms with Crippen LogP contribution >= 0.6 is 0 Å². The molecule has 0 spiro atoms. The summed E-state index contributed by atoms with van der Waals surface area (Å²) in [5.74, 6) is -2.56. The minimum Gasteiger partial charge on any atom is -0.504 e. The fourth-order valence-corrected chi connectivity index (χ4v) is 8.23. The van der Waals surface area contributed by atoms with Crippen molar-refractivity contribution in [3.63, 3.8) is 0 Å². The molecule has 1 unspecified atom stereocenters. The first-order chi connectivity index (χ1) is 23.6. The molecule has 13 nitrogen and oxygen atoms in total. The maximum atomic E-state index is 13.2. The Bertz CT molecular complexity index is 1810. The number of aryl methyl sites for hydroxylation is 2. The molecular weight excluding hydrogens is 663 g/mol. The van der Waals surface area contributed by atoms with Gasteiger partial charge in [-0.05, 0) is 58.2 Å². The molecule has 268 valence electrons. The number of halogens is 3. The first kappa shape index (κ1) is 35.1. The number of hydrogen-bond donors (Lipinski definition) is 3. The van der Waals surface area contributed by atoms with E-state index in [1.807, 2.05) is 24.9 Å². The molecule has 2 amide bonds. The van der Waals surface area contributed by atoms with Crippen LogP contribution in [0.2, 0.25) is 0 Å². The smallest absolute Gasteiger partial charge is 0.471 e. The zero-order valence-corrected chi connectivity index (χ0v) is 28.4. The van der Waals surface area contributed by atoms with Gasteiger partial charge >= 0.3 is 18.1 Å². The summed E-state index contributed by atoms with van der Waals surface area (Å²) in [4.78, 5) is 41.3. The number of esters is 1. The van der Waals surface area contributed by atoms with Crippen LogP contribution in [0.15, 0.2) is 6.07 Å². The van der Waals surface area contributed by atoms with E-state index in [1.54, 1.807) is 12.2 Å². The van der Waals surface area contributed by atoms with Gasteiger partial charge in [-0.15, -0.1) is 0 Å². The van der Waals surface area contributed by atoms with E-state index < -0.39 is 54.2 Å². The molecule has 50 heavy (non-hydrogen) atoms. The number of ether oxygens (including phenoxy) is 4. The van der Waals surface area contributed by atoms with Crippen LogP contribution in [-0.2, 0) is 27.2 Å². The summed E-state index contributed by atoms with van der Waals surface area (Å²) in [5, 5.41) is 26.9. The van der Waals surface area contributed by atoms with Gasteiger partial charge in [0.05, 0.1) is 25.3 Å². The third kappa shape index (κ3) is 5.62. The molecule has 0 aromatic heterocycles. The van der Waals surface area contributed by atoms with E-state index in [9.17, 15) is 37.9 Å². The van der Waals surface area contributed by atoms with Crippen molar-refractivity contribution in [1.29, 1.82) is 5.26 Å². The maximum Gasteiger partial charge on any atom is 0.471 e. The summed E-state index contributed by atoms with van der Waals surface area (Å²) in [6.45, 7) is 5.58. The molecule has 1 fully saturated rings. The van der Waals surface area contributed by atoms with Crippen molar-refractivity contribution in [3.8, 4) is 34.8 Å². The number of likely N-dealkylation sites (N-methyl/N-ethyl adjacent to an activating group) is 1. The first-order valence-electron chi connectivity index (χ1n) is 16.2. The van der Waals surface area contributed by atoms with Gasteiger partial charge in [-0.25, -0.2) is 0 Å². The molecule has 6 atom stereocenters. The van der Waals surface area contributed by atoms with Crippen LogP contribution in [0.25, 0.3) is 0 Å². The van der Waals surface area contributed by atoms with E-state index in [-0.39, 0.29) is 37.3 Å². The molecular formula is C34H38F3N5O8. The topological polar surface area (TPSA) is 163 Å². The van der Waals surface area contributed by atoms with Crippen molar-refractivity contribution in [1.82, 2.24) is 20.4 Å². The third-order valence-corrected chi connectivity index (χ3v) is 10.3. The number of nitriles is 1. The molecule has 2 aromatic rings. The van der Waals surface area contributed by atoms with E-state index in [0.29, 0.717) is 52.3 Å². The lowest BCUT2D eigenvalue weighted by Crippen LogP contribution is -2.66. The average Bonchev–Trinajstić information content (AvgIpc) is 3.51. The summed E-state index contributed by atoms with van der Waals surface area (Å²) >= 11 is 0. The molecule has 4 aliphatic rings. The number of alkyl halides is 3. The number of hydrogen-bond acceptors (Lipinski definition) is 11. The monoisotopic (exact) mass is 701 g/mol. The second-order valence-electron chi connectivity index (χ2n) is 13.1. The Morgan fingerprint density at radius 3 is 2.50 bits per heavy atom. The Labute approximate surface area is 286 Å². The average molecular weight is 702 g/mol. The van der Waals surface area contributed by atoms with Crippen molar-refractivity contribution in [3.05, 3.63) is 39.4 Å². The van der Waals surface area contributed by atoms with Crippen molar-refractivity contribution < 1.29 is 51.6 Å². The number of aromatic hydroxyl groups is 1. The predicted octanol–water partition coefficient (Wildman–Crippen LogP) is 3.02. The molecule has 0 saturated carbocycles. The Morgan fingerprint density at radius 1 is 1.16 bits per heavy atom. The lowest BCUT2D eigenvalue weighted by atomic mass is 9.76. The van der Waals surface area contributed by atoms with Crippen LogP contribution in [0.4, 0.5) is 13.2 Å². The summed E-state index contributed by atoms with van der Waals surface area (Å²) in [6, 6.07) is -0.170. The maximum absolute atomic E-state index is 13.2. The number of phenols is 1. The molecule has 2 aromatic carbocycles. The second kappa shape index (κ2) is 12.9. The molecule has 0 aliphatic carbocycles. The van der Waals surface area contributed by atoms with Crippen LogP contribution in [0.3, 0.4) is 0 Å². The number of amides is 2. The Balaban J connectivity index is 1.53. The molecule has 2 bridgehead atoms. The lowest BCUT2D eigenvalue weighted by molar-refractivity contribution is -0.174. The summed E-state index contributed by atoms with van der Waals surface area (Å²) < 4.78 is 62.1. The number of carbonyl (C=O) groups excluding carboxylic acids is 3. The molecule has 0 radical (unpaired) electrons. The van der Waals surface area contributed by atoms with Crippen LogP contribution in [0.5, 0.6) is 28.7 Å². The van der Waals surface area contributed by atoms with Gasteiger partial charge < -0.3 is 34.7 Å². The number of piperazine rings is 1. The van der Waals surface area contributed by atoms with Crippen molar-refractivity contribution >= 4 is 17.8 Å². The highest BCUT2D eigenvalue weighted by Gasteiger charge is 2.56.